The predicted octanol–water partition coefficient (Wildman–Crippen LogP) is 3.67. The van der Waals surface area contributed by atoms with Gasteiger partial charge in [0.2, 0.25) is 5.91 Å². The number of amides is 2. The minimum Gasteiger partial charge on any atom is -0.480 e. The lowest BCUT2D eigenvalue weighted by Gasteiger charge is -2.23. The van der Waals surface area contributed by atoms with Crippen molar-refractivity contribution in [1.29, 1.82) is 0 Å². The van der Waals surface area contributed by atoms with Gasteiger partial charge in [0, 0.05) is 5.92 Å². The fourth-order valence-corrected chi connectivity index (χ4v) is 4.33. The Bertz CT molecular complexity index is 999. The zero-order valence-electron chi connectivity index (χ0n) is 18.3. The summed E-state index contributed by atoms with van der Waals surface area (Å²) in [4.78, 5) is 36.7. The fourth-order valence-electron chi connectivity index (χ4n) is 4.33. The number of hydrogen-bond acceptors (Lipinski definition) is 4. The normalized spacial score (nSPS) is 16.6. The van der Waals surface area contributed by atoms with E-state index in [1.54, 1.807) is 0 Å². The molecule has 1 atom stereocenters. The van der Waals surface area contributed by atoms with E-state index in [-0.39, 0.29) is 18.4 Å². The van der Waals surface area contributed by atoms with E-state index in [0.717, 1.165) is 22.3 Å². The maximum absolute atomic E-state index is 12.7. The number of carboxylic acids is 1. The second-order valence-electron chi connectivity index (χ2n) is 9.03. The molecule has 168 valence electrons. The highest BCUT2D eigenvalue weighted by atomic mass is 16.5. The summed E-state index contributed by atoms with van der Waals surface area (Å²) in [6.07, 6.45) is 0.486. The molecule has 2 aliphatic carbocycles. The molecule has 7 heteroatoms. The highest BCUT2D eigenvalue weighted by Crippen LogP contribution is 2.44. The molecule has 3 N–H and O–H groups in total. The van der Waals surface area contributed by atoms with Crippen molar-refractivity contribution in [2.24, 2.45) is 5.92 Å². The first-order valence-electron chi connectivity index (χ1n) is 11.0. The standard InChI is InChI=1S/C25H28N2O5/c1-15(2)13-21(22(28)27-25(11-12-25)23(29)30)26-24(31)32-14-20-18-9-5-3-7-16(18)17-8-4-6-10-19(17)20/h3-10,15,20-21H,11-14H2,1-2H3,(H,26,31)(H,27,28)(H,29,30). The molecule has 0 spiro atoms. The summed E-state index contributed by atoms with van der Waals surface area (Å²) in [7, 11) is 0. The van der Waals surface area contributed by atoms with Crippen LogP contribution < -0.4 is 10.6 Å². The zero-order chi connectivity index (χ0) is 22.9. The first-order chi connectivity index (χ1) is 15.3. The van der Waals surface area contributed by atoms with Crippen LogP contribution >= 0.6 is 0 Å². The van der Waals surface area contributed by atoms with Crippen LogP contribution in [0.25, 0.3) is 11.1 Å². The van der Waals surface area contributed by atoms with E-state index in [9.17, 15) is 19.5 Å². The lowest BCUT2D eigenvalue weighted by molar-refractivity contribution is -0.143. The van der Waals surface area contributed by atoms with Crippen molar-refractivity contribution in [1.82, 2.24) is 10.6 Å². The van der Waals surface area contributed by atoms with E-state index in [4.69, 9.17) is 4.74 Å². The van der Waals surface area contributed by atoms with Crippen LogP contribution in [0.15, 0.2) is 48.5 Å². The second kappa shape index (κ2) is 8.65. The molecular weight excluding hydrogens is 408 g/mol. The van der Waals surface area contributed by atoms with E-state index >= 15 is 0 Å². The van der Waals surface area contributed by atoms with Gasteiger partial charge in [-0.1, -0.05) is 62.4 Å². The summed E-state index contributed by atoms with van der Waals surface area (Å²) >= 11 is 0. The number of ether oxygens (including phenoxy) is 1. The summed E-state index contributed by atoms with van der Waals surface area (Å²) in [6.45, 7) is 4.02. The Morgan fingerprint density at radius 3 is 2.09 bits per heavy atom. The van der Waals surface area contributed by atoms with Crippen LogP contribution in [0.2, 0.25) is 0 Å². The third kappa shape index (κ3) is 4.33. The maximum Gasteiger partial charge on any atom is 0.407 e. The summed E-state index contributed by atoms with van der Waals surface area (Å²) in [5.41, 5.74) is 3.29. The maximum atomic E-state index is 12.7. The van der Waals surface area contributed by atoms with Crippen molar-refractivity contribution in [3.05, 3.63) is 59.7 Å². The molecule has 32 heavy (non-hydrogen) atoms. The molecular formula is C25H28N2O5. The Morgan fingerprint density at radius 1 is 1.03 bits per heavy atom. The summed E-state index contributed by atoms with van der Waals surface area (Å²) in [5.74, 6) is -1.49. The van der Waals surface area contributed by atoms with Gasteiger partial charge in [0.25, 0.3) is 0 Å². The van der Waals surface area contributed by atoms with Gasteiger partial charge in [0.15, 0.2) is 0 Å². The van der Waals surface area contributed by atoms with Gasteiger partial charge in [-0.3, -0.25) is 4.79 Å². The van der Waals surface area contributed by atoms with Crippen LogP contribution in [0.1, 0.15) is 50.2 Å². The van der Waals surface area contributed by atoms with E-state index in [1.807, 2.05) is 50.2 Å². The number of nitrogens with one attached hydrogen (secondary N) is 2. The predicted molar refractivity (Wildman–Crippen MR) is 119 cm³/mol. The summed E-state index contributed by atoms with van der Waals surface area (Å²) in [5, 5.41) is 14.6. The number of alkyl carbamates (subject to hydrolysis) is 1. The SMILES string of the molecule is CC(C)CC(NC(=O)OCC1c2ccccc2-c2ccccc21)C(=O)NC1(C(=O)O)CC1. The first kappa shape index (κ1) is 21.9. The monoisotopic (exact) mass is 436 g/mol. The molecule has 0 radical (unpaired) electrons. The molecule has 2 amide bonds. The molecule has 7 nitrogen and oxygen atoms in total. The van der Waals surface area contributed by atoms with Crippen molar-refractivity contribution in [3.8, 4) is 11.1 Å². The highest BCUT2D eigenvalue weighted by molar-refractivity contribution is 5.93. The van der Waals surface area contributed by atoms with Gasteiger partial charge in [0.05, 0.1) is 0 Å². The summed E-state index contributed by atoms with van der Waals surface area (Å²) in [6, 6.07) is 15.3. The largest absolute Gasteiger partial charge is 0.480 e. The number of fused-ring (bicyclic) bond motifs is 3. The molecule has 1 fully saturated rings. The third-order valence-electron chi connectivity index (χ3n) is 6.18. The van der Waals surface area contributed by atoms with E-state index in [2.05, 4.69) is 22.8 Å². The Morgan fingerprint density at radius 2 is 1.59 bits per heavy atom. The molecule has 0 aliphatic heterocycles. The Labute approximate surface area is 187 Å². The van der Waals surface area contributed by atoms with E-state index in [1.165, 1.54) is 0 Å². The second-order valence-corrected chi connectivity index (χ2v) is 9.03. The number of carbonyl (C=O) groups is 3. The molecule has 4 rings (SSSR count). The molecule has 0 aromatic heterocycles. The summed E-state index contributed by atoms with van der Waals surface area (Å²) < 4.78 is 5.55. The van der Waals surface area contributed by atoms with Crippen molar-refractivity contribution in [2.75, 3.05) is 6.61 Å². The van der Waals surface area contributed by atoms with Crippen molar-refractivity contribution in [2.45, 2.75) is 50.6 Å². The Balaban J connectivity index is 1.42. The van der Waals surface area contributed by atoms with Crippen molar-refractivity contribution < 1.29 is 24.2 Å². The van der Waals surface area contributed by atoms with Crippen LogP contribution in [0.5, 0.6) is 0 Å². The van der Waals surface area contributed by atoms with Gasteiger partial charge < -0.3 is 20.5 Å². The average molecular weight is 437 g/mol. The van der Waals surface area contributed by atoms with E-state index in [0.29, 0.717) is 19.3 Å². The molecule has 1 unspecified atom stereocenters. The smallest absolute Gasteiger partial charge is 0.407 e. The first-order valence-corrected chi connectivity index (χ1v) is 11.0. The molecule has 1 saturated carbocycles. The zero-order valence-corrected chi connectivity index (χ0v) is 18.3. The topological polar surface area (TPSA) is 105 Å². The third-order valence-corrected chi connectivity index (χ3v) is 6.18. The number of benzene rings is 2. The van der Waals surface area contributed by atoms with Gasteiger partial charge in [-0.25, -0.2) is 9.59 Å². The highest BCUT2D eigenvalue weighted by Gasteiger charge is 2.52. The number of hydrogen-bond donors (Lipinski definition) is 3. The average Bonchev–Trinajstić information content (AvgIpc) is 3.48. The van der Waals surface area contributed by atoms with Gasteiger partial charge in [-0.05, 0) is 47.4 Å². The Kier molecular flexibility index (Phi) is 5.91. The number of rotatable bonds is 8. The molecule has 2 aromatic rings. The number of carbonyl (C=O) groups excluding carboxylic acids is 2. The quantitative estimate of drug-likeness (QED) is 0.586. The van der Waals surface area contributed by atoms with Crippen LogP contribution in [0.3, 0.4) is 0 Å². The van der Waals surface area contributed by atoms with Crippen LogP contribution in [-0.4, -0.2) is 41.3 Å². The van der Waals surface area contributed by atoms with Crippen LogP contribution in [-0.2, 0) is 14.3 Å². The molecule has 0 saturated heterocycles. The van der Waals surface area contributed by atoms with Crippen molar-refractivity contribution >= 4 is 18.0 Å². The minimum absolute atomic E-state index is 0.0766. The van der Waals surface area contributed by atoms with Gasteiger partial charge in [-0.2, -0.15) is 0 Å². The molecule has 2 aromatic carbocycles. The lowest BCUT2D eigenvalue weighted by atomic mass is 9.98. The van der Waals surface area contributed by atoms with Gasteiger partial charge >= 0.3 is 12.1 Å². The minimum atomic E-state index is -1.20. The van der Waals surface area contributed by atoms with Crippen LogP contribution in [0.4, 0.5) is 4.79 Å². The lowest BCUT2D eigenvalue weighted by Crippen LogP contribution is -2.53. The van der Waals surface area contributed by atoms with Crippen LogP contribution in [0, 0.1) is 5.92 Å². The van der Waals surface area contributed by atoms with Crippen molar-refractivity contribution in [3.63, 3.8) is 0 Å². The van der Waals surface area contributed by atoms with Gasteiger partial charge in [0.1, 0.15) is 18.2 Å². The molecule has 2 aliphatic rings. The number of aliphatic carboxylic acids is 1. The van der Waals surface area contributed by atoms with E-state index < -0.39 is 29.6 Å². The Hall–Kier alpha value is -3.35. The number of carboxylic acid groups (broad SMARTS) is 1. The molecule has 0 bridgehead atoms. The molecule has 0 heterocycles. The van der Waals surface area contributed by atoms with Gasteiger partial charge in [-0.15, -0.1) is 0 Å². The fraction of sp³-hybridized carbons (Fsp3) is 0.400.